The molecule has 25 heavy (non-hydrogen) atoms. The Bertz CT molecular complexity index is 780. The van der Waals surface area contributed by atoms with Gasteiger partial charge in [-0.3, -0.25) is 9.59 Å². The molecule has 2 aromatic rings. The molecule has 1 saturated carbocycles. The number of carbonyl (C=O) groups excluding carboxylic acids is 1. The van der Waals surface area contributed by atoms with Crippen molar-refractivity contribution in [3.63, 3.8) is 0 Å². The van der Waals surface area contributed by atoms with Crippen molar-refractivity contribution in [3.8, 4) is 0 Å². The largest absolute Gasteiger partial charge is 0.481 e. The summed E-state index contributed by atoms with van der Waals surface area (Å²) in [6, 6.07) is 12.0. The number of nitrogens with zero attached hydrogens (tertiary/aromatic N) is 1. The van der Waals surface area contributed by atoms with Crippen molar-refractivity contribution in [2.45, 2.75) is 45.7 Å². The molecule has 5 heteroatoms. The van der Waals surface area contributed by atoms with Gasteiger partial charge in [-0.05, 0) is 44.7 Å². The summed E-state index contributed by atoms with van der Waals surface area (Å²) in [5, 5.41) is 12.1. The van der Waals surface area contributed by atoms with Gasteiger partial charge in [0.25, 0.3) is 5.91 Å². The van der Waals surface area contributed by atoms with Crippen LogP contribution in [0.1, 0.15) is 46.6 Å². The maximum atomic E-state index is 12.6. The molecule has 0 saturated heterocycles. The summed E-state index contributed by atoms with van der Waals surface area (Å²) in [7, 11) is 0. The van der Waals surface area contributed by atoms with Crippen molar-refractivity contribution in [1.82, 2.24) is 9.88 Å². The molecule has 132 valence electrons. The number of carbonyl (C=O) groups is 2. The highest BCUT2D eigenvalue weighted by molar-refractivity contribution is 5.96. The molecule has 1 heterocycles. The molecule has 1 aromatic heterocycles. The molecular formula is C20H24N2O3. The van der Waals surface area contributed by atoms with Crippen LogP contribution in [0, 0.1) is 19.8 Å². The molecule has 0 unspecified atom stereocenters. The lowest BCUT2D eigenvalue weighted by molar-refractivity contribution is -0.141. The average Bonchev–Trinajstić information content (AvgIpc) is 3.16. The van der Waals surface area contributed by atoms with Crippen LogP contribution < -0.4 is 5.32 Å². The first-order valence-corrected chi connectivity index (χ1v) is 8.70. The zero-order valence-electron chi connectivity index (χ0n) is 14.7. The summed E-state index contributed by atoms with van der Waals surface area (Å²) in [4.78, 5) is 23.7. The zero-order chi connectivity index (χ0) is 18.0. The molecule has 2 N–H and O–H groups in total. The predicted molar refractivity (Wildman–Crippen MR) is 95.7 cm³/mol. The maximum absolute atomic E-state index is 12.6. The summed E-state index contributed by atoms with van der Waals surface area (Å²) in [6.07, 6.45) is 1.88. The van der Waals surface area contributed by atoms with Crippen LogP contribution in [0.15, 0.2) is 36.4 Å². The Morgan fingerprint density at radius 3 is 2.56 bits per heavy atom. The van der Waals surface area contributed by atoms with E-state index in [1.807, 2.05) is 38.1 Å². The summed E-state index contributed by atoms with van der Waals surface area (Å²) >= 11 is 0. The average molecular weight is 340 g/mol. The van der Waals surface area contributed by atoms with Gasteiger partial charge in [-0.15, -0.1) is 0 Å². The van der Waals surface area contributed by atoms with Crippen LogP contribution in [0.25, 0.3) is 0 Å². The predicted octanol–water partition coefficient (Wildman–Crippen LogP) is 3.14. The summed E-state index contributed by atoms with van der Waals surface area (Å²) < 4.78 is 2.14. The van der Waals surface area contributed by atoms with Gasteiger partial charge in [-0.1, -0.05) is 30.3 Å². The van der Waals surface area contributed by atoms with E-state index >= 15 is 0 Å². The molecule has 0 bridgehead atoms. The van der Waals surface area contributed by atoms with E-state index in [0.29, 0.717) is 18.4 Å². The first-order chi connectivity index (χ1) is 12.0. The van der Waals surface area contributed by atoms with Crippen molar-refractivity contribution < 1.29 is 14.7 Å². The van der Waals surface area contributed by atoms with Crippen molar-refractivity contribution in [2.75, 3.05) is 0 Å². The van der Waals surface area contributed by atoms with Crippen molar-refractivity contribution >= 4 is 11.9 Å². The van der Waals surface area contributed by atoms with Gasteiger partial charge in [-0.2, -0.15) is 0 Å². The van der Waals surface area contributed by atoms with Crippen molar-refractivity contribution in [1.29, 1.82) is 0 Å². The van der Waals surface area contributed by atoms with Crippen LogP contribution in [-0.2, 0) is 11.3 Å². The highest BCUT2D eigenvalue weighted by Gasteiger charge is 2.31. The van der Waals surface area contributed by atoms with Gasteiger partial charge < -0.3 is 15.0 Å². The van der Waals surface area contributed by atoms with E-state index in [-0.39, 0.29) is 17.9 Å². The van der Waals surface area contributed by atoms with Gasteiger partial charge in [-0.25, -0.2) is 0 Å². The second-order valence-corrected chi connectivity index (χ2v) is 6.88. The molecule has 0 radical (unpaired) electrons. The molecule has 1 amide bonds. The molecule has 1 fully saturated rings. The van der Waals surface area contributed by atoms with Crippen LogP contribution in [0.3, 0.4) is 0 Å². The first-order valence-electron chi connectivity index (χ1n) is 8.70. The third-order valence-corrected chi connectivity index (χ3v) is 5.12. The Labute approximate surface area is 147 Å². The van der Waals surface area contributed by atoms with Crippen molar-refractivity contribution in [2.24, 2.45) is 5.92 Å². The topological polar surface area (TPSA) is 71.3 Å². The highest BCUT2D eigenvalue weighted by Crippen LogP contribution is 2.26. The number of hydrogen-bond acceptors (Lipinski definition) is 2. The normalized spacial score (nSPS) is 19.8. The minimum absolute atomic E-state index is 0.0502. The van der Waals surface area contributed by atoms with Crippen LogP contribution in [0.4, 0.5) is 0 Å². The SMILES string of the molecule is Cc1cc(C(=O)N[C@@H]2CC[C@H](C(=O)O)C2)c(C)n1Cc1ccccc1. The Morgan fingerprint density at radius 2 is 1.92 bits per heavy atom. The lowest BCUT2D eigenvalue weighted by Crippen LogP contribution is -2.33. The molecule has 1 aromatic carbocycles. The van der Waals surface area contributed by atoms with E-state index < -0.39 is 5.97 Å². The number of nitrogens with one attached hydrogen (secondary N) is 1. The minimum atomic E-state index is -0.766. The number of rotatable bonds is 5. The first kappa shape index (κ1) is 17.3. The van der Waals surface area contributed by atoms with Gasteiger partial charge in [0.15, 0.2) is 0 Å². The van der Waals surface area contributed by atoms with E-state index in [1.54, 1.807) is 0 Å². The second kappa shape index (κ2) is 7.13. The number of benzene rings is 1. The van der Waals surface area contributed by atoms with Crippen LogP contribution >= 0.6 is 0 Å². The fourth-order valence-corrected chi connectivity index (χ4v) is 3.64. The molecule has 3 rings (SSSR count). The van der Waals surface area contributed by atoms with Gasteiger partial charge in [0.05, 0.1) is 11.5 Å². The van der Waals surface area contributed by atoms with Gasteiger partial charge in [0, 0.05) is 24.0 Å². The van der Waals surface area contributed by atoms with Gasteiger partial charge >= 0.3 is 5.97 Å². The van der Waals surface area contributed by atoms with Crippen molar-refractivity contribution in [3.05, 3.63) is 58.9 Å². The third-order valence-electron chi connectivity index (χ3n) is 5.12. The number of aromatic nitrogens is 1. The summed E-state index contributed by atoms with van der Waals surface area (Å²) in [5.74, 6) is -1.21. The Morgan fingerprint density at radius 1 is 1.20 bits per heavy atom. The van der Waals surface area contributed by atoms with E-state index in [1.165, 1.54) is 5.56 Å². The fourth-order valence-electron chi connectivity index (χ4n) is 3.64. The summed E-state index contributed by atoms with van der Waals surface area (Å²) in [5.41, 5.74) is 3.84. The number of amides is 1. The Kier molecular flexibility index (Phi) is 4.93. The fraction of sp³-hybridized carbons (Fsp3) is 0.400. The number of carboxylic acids is 1. The standard InChI is InChI=1S/C20H24N2O3/c1-13-10-18(14(2)22(13)12-15-6-4-3-5-7-15)19(23)21-17-9-8-16(11-17)20(24)25/h3-7,10,16-17H,8-9,11-12H2,1-2H3,(H,21,23)(H,24,25)/t16-,17+/m0/s1. The van der Waals surface area contributed by atoms with Gasteiger partial charge in [0.2, 0.25) is 0 Å². The van der Waals surface area contributed by atoms with E-state index in [4.69, 9.17) is 5.11 Å². The van der Waals surface area contributed by atoms with Crippen LogP contribution in [0.5, 0.6) is 0 Å². The Balaban J connectivity index is 1.71. The van der Waals surface area contributed by atoms with E-state index in [9.17, 15) is 9.59 Å². The number of aliphatic carboxylic acids is 1. The molecule has 2 atom stereocenters. The Hall–Kier alpha value is -2.56. The maximum Gasteiger partial charge on any atom is 0.306 e. The monoisotopic (exact) mass is 340 g/mol. The molecular weight excluding hydrogens is 316 g/mol. The minimum Gasteiger partial charge on any atom is -0.481 e. The number of carboxylic acid groups (broad SMARTS) is 1. The molecule has 0 aliphatic heterocycles. The number of hydrogen-bond donors (Lipinski definition) is 2. The zero-order valence-corrected chi connectivity index (χ0v) is 14.7. The molecule has 0 spiro atoms. The summed E-state index contributed by atoms with van der Waals surface area (Å²) in [6.45, 7) is 4.69. The highest BCUT2D eigenvalue weighted by atomic mass is 16.4. The smallest absolute Gasteiger partial charge is 0.306 e. The molecule has 5 nitrogen and oxygen atoms in total. The molecule has 1 aliphatic carbocycles. The van der Waals surface area contributed by atoms with E-state index in [0.717, 1.165) is 24.4 Å². The van der Waals surface area contributed by atoms with Crippen LogP contribution in [-0.4, -0.2) is 27.6 Å². The third kappa shape index (κ3) is 3.76. The lowest BCUT2D eigenvalue weighted by Gasteiger charge is -2.13. The second-order valence-electron chi connectivity index (χ2n) is 6.88. The van der Waals surface area contributed by atoms with Crippen LogP contribution in [0.2, 0.25) is 0 Å². The van der Waals surface area contributed by atoms with Gasteiger partial charge in [0.1, 0.15) is 0 Å². The lowest BCUT2D eigenvalue weighted by atomic mass is 10.1. The molecule has 1 aliphatic rings. The quantitative estimate of drug-likeness (QED) is 0.878. The van der Waals surface area contributed by atoms with E-state index in [2.05, 4.69) is 22.0 Å². The number of aryl methyl sites for hydroxylation is 1.